The molecule has 1 atom stereocenters. The van der Waals surface area contributed by atoms with Crippen molar-refractivity contribution in [1.29, 1.82) is 0 Å². The zero-order valence-corrected chi connectivity index (χ0v) is 10.0. The fourth-order valence-corrected chi connectivity index (χ4v) is 1.84. The molecule has 0 amide bonds. The number of aliphatic carboxylic acids is 1. The highest BCUT2D eigenvalue weighted by atomic mass is 19.1. The summed E-state index contributed by atoms with van der Waals surface area (Å²) in [6.45, 7) is 1.86. The first-order valence-corrected chi connectivity index (χ1v) is 5.87. The first kappa shape index (κ1) is 13.0. The van der Waals surface area contributed by atoms with Crippen LogP contribution in [0, 0.1) is 17.6 Å². The number of benzene rings is 1. The van der Waals surface area contributed by atoms with Crippen LogP contribution in [0.3, 0.4) is 0 Å². The molecule has 0 spiro atoms. The fourth-order valence-electron chi connectivity index (χ4n) is 1.84. The molecule has 1 fully saturated rings. The number of carboxylic acids is 1. The van der Waals surface area contributed by atoms with Crippen LogP contribution in [-0.4, -0.2) is 17.6 Å². The van der Waals surface area contributed by atoms with Crippen LogP contribution in [0.1, 0.15) is 25.3 Å². The lowest BCUT2D eigenvalue weighted by atomic mass is 9.91. The molecule has 2 N–H and O–H groups in total. The van der Waals surface area contributed by atoms with Gasteiger partial charge in [0.2, 0.25) is 0 Å². The van der Waals surface area contributed by atoms with Crippen LogP contribution < -0.4 is 5.32 Å². The molecule has 1 aromatic carbocycles. The molecule has 0 aromatic heterocycles. The minimum atomic E-state index is -1.60. The Kier molecular flexibility index (Phi) is 3.34. The van der Waals surface area contributed by atoms with E-state index in [0.717, 1.165) is 31.0 Å². The van der Waals surface area contributed by atoms with Crippen molar-refractivity contribution in [3.05, 3.63) is 35.4 Å². The Morgan fingerprint density at radius 3 is 2.72 bits per heavy atom. The van der Waals surface area contributed by atoms with E-state index in [2.05, 4.69) is 5.32 Å². The van der Waals surface area contributed by atoms with Crippen LogP contribution in [0.25, 0.3) is 0 Å². The van der Waals surface area contributed by atoms with Gasteiger partial charge in [0.05, 0.1) is 0 Å². The highest BCUT2D eigenvalue weighted by Gasteiger charge is 2.39. The second-order valence-corrected chi connectivity index (χ2v) is 4.88. The molecule has 0 bridgehead atoms. The maximum absolute atomic E-state index is 13.7. The summed E-state index contributed by atoms with van der Waals surface area (Å²) >= 11 is 0. The smallest absolute Gasteiger partial charge is 0.328 e. The monoisotopic (exact) mass is 255 g/mol. The average Bonchev–Trinajstić information content (AvgIpc) is 3.13. The molecule has 1 aromatic rings. The van der Waals surface area contributed by atoms with Gasteiger partial charge in [-0.2, -0.15) is 0 Å². The third-order valence-electron chi connectivity index (χ3n) is 3.34. The van der Waals surface area contributed by atoms with Gasteiger partial charge in [-0.05, 0) is 50.4 Å². The zero-order chi connectivity index (χ0) is 13.3. The van der Waals surface area contributed by atoms with E-state index in [1.807, 2.05) is 0 Å². The molecule has 2 rings (SSSR count). The molecule has 0 aliphatic heterocycles. The zero-order valence-electron chi connectivity index (χ0n) is 10.0. The quantitative estimate of drug-likeness (QED) is 0.848. The van der Waals surface area contributed by atoms with E-state index < -0.39 is 23.1 Å². The molecule has 1 aliphatic carbocycles. The van der Waals surface area contributed by atoms with Gasteiger partial charge in [-0.15, -0.1) is 0 Å². The molecule has 1 saturated carbocycles. The number of carbonyl (C=O) groups is 1. The van der Waals surface area contributed by atoms with Crippen LogP contribution in [-0.2, 0) is 10.3 Å². The van der Waals surface area contributed by atoms with Crippen LogP contribution in [0.5, 0.6) is 0 Å². The summed E-state index contributed by atoms with van der Waals surface area (Å²) in [6.07, 6.45) is 2.10. The largest absolute Gasteiger partial charge is 0.480 e. The molecular formula is C13H15F2NO2. The first-order chi connectivity index (χ1) is 8.43. The average molecular weight is 255 g/mol. The van der Waals surface area contributed by atoms with Crippen molar-refractivity contribution in [3.8, 4) is 0 Å². The number of hydrogen-bond donors (Lipinski definition) is 2. The highest BCUT2D eigenvalue weighted by molar-refractivity contribution is 5.80. The van der Waals surface area contributed by atoms with E-state index >= 15 is 0 Å². The van der Waals surface area contributed by atoms with Crippen molar-refractivity contribution < 1.29 is 18.7 Å². The molecule has 5 heteroatoms. The standard InChI is InChI=1S/C13H15F2NO2/c1-13(12(17)18,16-7-8-2-3-8)10-6-9(14)4-5-11(10)15/h4-6,8,16H,2-3,7H2,1H3,(H,17,18). The number of carboxylic acid groups (broad SMARTS) is 1. The van der Waals surface area contributed by atoms with Gasteiger partial charge >= 0.3 is 5.97 Å². The maximum atomic E-state index is 13.7. The number of hydrogen-bond acceptors (Lipinski definition) is 2. The second-order valence-electron chi connectivity index (χ2n) is 4.88. The van der Waals surface area contributed by atoms with Crippen LogP contribution in [0.2, 0.25) is 0 Å². The number of rotatable bonds is 5. The van der Waals surface area contributed by atoms with Crippen LogP contribution in [0.4, 0.5) is 8.78 Å². The van der Waals surface area contributed by atoms with Gasteiger partial charge in [-0.1, -0.05) is 0 Å². The van der Waals surface area contributed by atoms with Crippen LogP contribution >= 0.6 is 0 Å². The summed E-state index contributed by atoms with van der Waals surface area (Å²) in [7, 11) is 0. The molecule has 98 valence electrons. The molecule has 18 heavy (non-hydrogen) atoms. The normalized spacial score (nSPS) is 18.4. The first-order valence-electron chi connectivity index (χ1n) is 5.87. The Bertz CT molecular complexity index is 474. The predicted octanol–water partition coefficient (Wildman–Crippen LogP) is 2.26. The minimum Gasteiger partial charge on any atom is -0.480 e. The topological polar surface area (TPSA) is 49.3 Å². The van der Waals surface area contributed by atoms with Crippen molar-refractivity contribution >= 4 is 5.97 Å². The molecule has 3 nitrogen and oxygen atoms in total. The summed E-state index contributed by atoms with van der Waals surface area (Å²) in [5.41, 5.74) is -1.77. The van der Waals surface area contributed by atoms with Gasteiger partial charge in [0.25, 0.3) is 0 Å². The molecule has 0 heterocycles. The van der Waals surface area contributed by atoms with E-state index in [1.54, 1.807) is 0 Å². The Balaban J connectivity index is 2.31. The SMILES string of the molecule is CC(NCC1CC1)(C(=O)O)c1cc(F)ccc1F. The second kappa shape index (κ2) is 4.65. The van der Waals surface area contributed by atoms with Crippen LogP contribution in [0.15, 0.2) is 18.2 Å². The van der Waals surface area contributed by atoms with Gasteiger partial charge in [0.15, 0.2) is 0 Å². The number of nitrogens with one attached hydrogen (secondary N) is 1. The van der Waals surface area contributed by atoms with Crippen molar-refractivity contribution in [3.63, 3.8) is 0 Å². The van der Waals surface area contributed by atoms with Crippen molar-refractivity contribution in [2.45, 2.75) is 25.3 Å². The Morgan fingerprint density at radius 1 is 1.50 bits per heavy atom. The van der Waals surface area contributed by atoms with Gasteiger partial charge in [0, 0.05) is 5.56 Å². The van der Waals surface area contributed by atoms with Crippen molar-refractivity contribution in [2.24, 2.45) is 5.92 Å². The van der Waals surface area contributed by atoms with Gasteiger partial charge in [-0.3, -0.25) is 5.32 Å². The molecule has 1 aliphatic rings. The predicted molar refractivity (Wildman–Crippen MR) is 62.1 cm³/mol. The molecule has 1 unspecified atom stereocenters. The molecular weight excluding hydrogens is 240 g/mol. The fraction of sp³-hybridized carbons (Fsp3) is 0.462. The summed E-state index contributed by atoms with van der Waals surface area (Å²) in [5, 5.41) is 12.1. The van der Waals surface area contributed by atoms with E-state index in [-0.39, 0.29) is 5.56 Å². The maximum Gasteiger partial charge on any atom is 0.328 e. The Morgan fingerprint density at radius 2 is 2.17 bits per heavy atom. The summed E-state index contributed by atoms with van der Waals surface area (Å²) in [6, 6.07) is 2.86. The lowest BCUT2D eigenvalue weighted by molar-refractivity contribution is -0.144. The minimum absolute atomic E-state index is 0.171. The Hall–Kier alpha value is -1.49. The summed E-state index contributed by atoms with van der Waals surface area (Å²) in [4.78, 5) is 11.4. The third kappa shape index (κ3) is 2.51. The van der Waals surface area contributed by atoms with E-state index in [0.29, 0.717) is 12.5 Å². The van der Waals surface area contributed by atoms with Crippen molar-refractivity contribution in [2.75, 3.05) is 6.54 Å². The van der Waals surface area contributed by atoms with E-state index in [9.17, 15) is 18.7 Å². The molecule has 0 saturated heterocycles. The summed E-state index contributed by atoms with van der Waals surface area (Å²) < 4.78 is 26.9. The highest BCUT2D eigenvalue weighted by Crippen LogP contribution is 2.31. The molecule has 0 radical (unpaired) electrons. The lowest BCUT2D eigenvalue weighted by Crippen LogP contribution is -2.48. The number of halogens is 2. The third-order valence-corrected chi connectivity index (χ3v) is 3.34. The summed E-state index contributed by atoms with van der Waals surface area (Å²) in [5.74, 6) is -2.13. The van der Waals surface area contributed by atoms with E-state index in [1.165, 1.54) is 6.92 Å². The Labute approximate surface area is 104 Å². The lowest BCUT2D eigenvalue weighted by Gasteiger charge is -2.27. The van der Waals surface area contributed by atoms with Gasteiger partial charge in [0.1, 0.15) is 17.2 Å². The van der Waals surface area contributed by atoms with Gasteiger partial charge in [-0.25, -0.2) is 13.6 Å². The van der Waals surface area contributed by atoms with Crippen molar-refractivity contribution in [1.82, 2.24) is 5.32 Å². The van der Waals surface area contributed by atoms with E-state index in [4.69, 9.17) is 0 Å². The van der Waals surface area contributed by atoms with Gasteiger partial charge < -0.3 is 5.11 Å².